The lowest BCUT2D eigenvalue weighted by atomic mass is 10.1. The van der Waals surface area contributed by atoms with E-state index in [1.54, 1.807) is 0 Å². The third-order valence-corrected chi connectivity index (χ3v) is 4.81. The van der Waals surface area contributed by atoms with Crippen LogP contribution in [0.25, 0.3) is 0 Å². The maximum atomic E-state index is 12.3. The number of carboxylic acid groups (broad SMARTS) is 1. The van der Waals surface area contributed by atoms with Crippen molar-refractivity contribution in [2.75, 3.05) is 0 Å². The smallest absolute Gasteiger partial charge is 0.335 e. The van der Waals surface area contributed by atoms with E-state index in [1.807, 2.05) is 6.92 Å². The van der Waals surface area contributed by atoms with Gasteiger partial charge in [-0.2, -0.15) is 0 Å². The van der Waals surface area contributed by atoms with Gasteiger partial charge in [0.1, 0.15) is 0 Å². The van der Waals surface area contributed by atoms with E-state index in [-0.39, 0.29) is 16.5 Å². The van der Waals surface area contributed by atoms with Crippen LogP contribution in [0.5, 0.6) is 0 Å². The van der Waals surface area contributed by atoms with Crippen LogP contribution in [0.3, 0.4) is 0 Å². The summed E-state index contributed by atoms with van der Waals surface area (Å²) in [4.78, 5) is 10.9. The van der Waals surface area contributed by atoms with E-state index in [0.717, 1.165) is 32.1 Å². The van der Waals surface area contributed by atoms with Crippen LogP contribution < -0.4 is 4.72 Å². The quantitative estimate of drug-likeness (QED) is 0.734. The Morgan fingerprint density at radius 2 is 1.76 bits per heavy atom. The average molecular weight is 313 g/mol. The van der Waals surface area contributed by atoms with Gasteiger partial charge in [-0.1, -0.05) is 33.1 Å². The first-order valence-electron chi connectivity index (χ1n) is 7.26. The van der Waals surface area contributed by atoms with Gasteiger partial charge in [0.15, 0.2) is 0 Å². The Kier molecular flexibility index (Phi) is 6.84. The molecule has 1 rings (SSSR count). The van der Waals surface area contributed by atoms with E-state index in [4.69, 9.17) is 5.11 Å². The van der Waals surface area contributed by atoms with E-state index in [0.29, 0.717) is 0 Å². The number of nitrogens with one attached hydrogen (secondary N) is 1. The van der Waals surface area contributed by atoms with Gasteiger partial charge >= 0.3 is 5.97 Å². The van der Waals surface area contributed by atoms with Gasteiger partial charge in [-0.25, -0.2) is 17.9 Å². The molecule has 0 amide bonds. The highest BCUT2D eigenvalue weighted by Crippen LogP contribution is 2.14. The Hall–Kier alpha value is -1.40. The molecule has 0 saturated heterocycles. The first kappa shape index (κ1) is 17.7. The van der Waals surface area contributed by atoms with Gasteiger partial charge in [0.25, 0.3) is 0 Å². The molecule has 118 valence electrons. The molecule has 2 N–H and O–H groups in total. The molecule has 21 heavy (non-hydrogen) atoms. The maximum absolute atomic E-state index is 12.3. The second-order valence-electron chi connectivity index (χ2n) is 5.08. The van der Waals surface area contributed by atoms with Crippen LogP contribution in [-0.4, -0.2) is 25.5 Å². The van der Waals surface area contributed by atoms with Crippen molar-refractivity contribution in [2.24, 2.45) is 0 Å². The topological polar surface area (TPSA) is 83.5 Å². The van der Waals surface area contributed by atoms with Gasteiger partial charge in [0.2, 0.25) is 10.0 Å². The van der Waals surface area contributed by atoms with E-state index < -0.39 is 16.0 Å². The number of sulfonamides is 1. The van der Waals surface area contributed by atoms with Crippen molar-refractivity contribution >= 4 is 16.0 Å². The summed E-state index contributed by atoms with van der Waals surface area (Å²) in [5.41, 5.74) is 0.0741. The first-order chi connectivity index (χ1) is 9.90. The summed E-state index contributed by atoms with van der Waals surface area (Å²) in [6.45, 7) is 4.09. The lowest BCUT2D eigenvalue weighted by Crippen LogP contribution is -2.34. The molecule has 0 radical (unpaired) electrons. The van der Waals surface area contributed by atoms with Crippen LogP contribution in [0.15, 0.2) is 29.2 Å². The number of aromatic carboxylic acids is 1. The lowest BCUT2D eigenvalue weighted by molar-refractivity contribution is 0.0696. The SMILES string of the molecule is CCCCC(CCC)NS(=O)(=O)c1ccc(C(=O)O)cc1. The predicted octanol–water partition coefficient (Wildman–Crippen LogP) is 3.02. The van der Waals surface area contributed by atoms with E-state index in [9.17, 15) is 13.2 Å². The molecule has 0 aromatic heterocycles. The van der Waals surface area contributed by atoms with Crippen LogP contribution in [-0.2, 0) is 10.0 Å². The standard InChI is InChI=1S/C15H23NO4S/c1-3-5-7-13(6-4-2)16-21(19,20)14-10-8-12(9-11-14)15(17)18/h8-11,13,16H,3-7H2,1-2H3,(H,17,18). The van der Waals surface area contributed by atoms with E-state index in [2.05, 4.69) is 11.6 Å². The number of carboxylic acids is 1. The zero-order chi connectivity index (χ0) is 15.9. The van der Waals surface area contributed by atoms with Crippen molar-refractivity contribution < 1.29 is 18.3 Å². The highest BCUT2D eigenvalue weighted by Gasteiger charge is 2.19. The Labute approximate surface area is 126 Å². The fourth-order valence-corrected chi connectivity index (χ4v) is 3.43. The van der Waals surface area contributed by atoms with Gasteiger partial charge in [-0.3, -0.25) is 0 Å². The highest BCUT2D eigenvalue weighted by molar-refractivity contribution is 7.89. The average Bonchev–Trinajstić information content (AvgIpc) is 2.45. The Morgan fingerprint density at radius 1 is 1.14 bits per heavy atom. The maximum Gasteiger partial charge on any atom is 0.335 e. The molecule has 1 aromatic rings. The molecule has 0 aliphatic rings. The van der Waals surface area contributed by atoms with Gasteiger partial charge in [0, 0.05) is 6.04 Å². The molecule has 0 spiro atoms. The number of hydrogen-bond acceptors (Lipinski definition) is 3. The zero-order valence-corrected chi connectivity index (χ0v) is 13.3. The van der Waals surface area contributed by atoms with Crippen molar-refractivity contribution in [3.8, 4) is 0 Å². The Balaban J connectivity index is 2.85. The summed E-state index contributed by atoms with van der Waals surface area (Å²) < 4.78 is 27.3. The Bertz CT molecular complexity index is 552. The first-order valence-corrected chi connectivity index (χ1v) is 8.74. The van der Waals surface area contributed by atoms with Crippen molar-refractivity contribution in [3.05, 3.63) is 29.8 Å². The van der Waals surface area contributed by atoms with Gasteiger partial charge in [-0.05, 0) is 37.1 Å². The fourth-order valence-electron chi connectivity index (χ4n) is 2.13. The molecule has 0 saturated carbocycles. The summed E-state index contributed by atoms with van der Waals surface area (Å²) >= 11 is 0. The lowest BCUT2D eigenvalue weighted by Gasteiger charge is -2.18. The van der Waals surface area contributed by atoms with E-state index in [1.165, 1.54) is 24.3 Å². The molecule has 1 aromatic carbocycles. The zero-order valence-electron chi connectivity index (χ0n) is 12.5. The van der Waals surface area contributed by atoms with Gasteiger partial charge in [0.05, 0.1) is 10.5 Å². The molecule has 0 aliphatic heterocycles. The third kappa shape index (κ3) is 5.47. The number of carbonyl (C=O) groups is 1. The molecule has 1 atom stereocenters. The molecule has 1 unspecified atom stereocenters. The van der Waals surface area contributed by atoms with Crippen LogP contribution in [0.2, 0.25) is 0 Å². The molecule has 0 fully saturated rings. The van der Waals surface area contributed by atoms with Crippen molar-refractivity contribution in [2.45, 2.75) is 56.9 Å². The number of hydrogen-bond donors (Lipinski definition) is 2. The number of benzene rings is 1. The summed E-state index contributed by atoms with van der Waals surface area (Å²) in [6, 6.07) is 5.19. The monoisotopic (exact) mass is 313 g/mol. The fraction of sp³-hybridized carbons (Fsp3) is 0.533. The normalized spacial score (nSPS) is 13.0. The second-order valence-corrected chi connectivity index (χ2v) is 6.79. The van der Waals surface area contributed by atoms with Gasteiger partial charge < -0.3 is 5.11 Å². The molecule has 6 heteroatoms. The Morgan fingerprint density at radius 3 is 2.24 bits per heavy atom. The summed E-state index contributed by atoms with van der Waals surface area (Å²) in [7, 11) is -3.60. The van der Waals surface area contributed by atoms with Crippen LogP contribution in [0, 0.1) is 0 Å². The minimum Gasteiger partial charge on any atom is -0.478 e. The summed E-state index contributed by atoms with van der Waals surface area (Å²) in [6.07, 6.45) is 4.53. The highest BCUT2D eigenvalue weighted by atomic mass is 32.2. The van der Waals surface area contributed by atoms with Crippen molar-refractivity contribution in [1.29, 1.82) is 0 Å². The number of unbranched alkanes of at least 4 members (excludes halogenated alkanes) is 1. The molecule has 5 nitrogen and oxygen atoms in total. The summed E-state index contributed by atoms with van der Waals surface area (Å²) in [5.74, 6) is -1.07. The van der Waals surface area contributed by atoms with Crippen LogP contribution in [0.4, 0.5) is 0 Å². The predicted molar refractivity (Wildman–Crippen MR) is 81.9 cm³/mol. The van der Waals surface area contributed by atoms with Crippen LogP contribution in [0.1, 0.15) is 56.3 Å². The third-order valence-electron chi connectivity index (χ3n) is 3.28. The molecule has 0 bridgehead atoms. The number of rotatable bonds is 9. The molecular formula is C15H23NO4S. The minimum atomic E-state index is -3.60. The largest absolute Gasteiger partial charge is 0.478 e. The molecule has 0 heterocycles. The minimum absolute atomic E-state index is 0.0703. The van der Waals surface area contributed by atoms with Gasteiger partial charge in [-0.15, -0.1) is 0 Å². The molecular weight excluding hydrogens is 290 g/mol. The second kappa shape index (κ2) is 8.14. The summed E-state index contributed by atoms with van der Waals surface area (Å²) in [5, 5.41) is 8.83. The van der Waals surface area contributed by atoms with E-state index >= 15 is 0 Å². The van der Waals surface area contributed by atoms with Crippen molar-refractivity contribution in [3.63, 3.8) is 0 Å². The van der Waals surface area contributed by atoms with Crippen LogP contribution >= 0.6 is 0 Å². The molecule has 0 aliphatic carbocycles. The van der Waals surface area contributed by atoms with Crippen molar-refractivity contribution in [1.82, 2.24) is 4.72 Å².